The van der Waals surface area contributed by atoms with Crippen molar-refractivity contribution in [3.05, 3.63) is 23.8 Å². The Morgan fingerprint density at radius 2 is 1.83 bits per heavy atom. The van der Waals surface area contributed by atoms with E-state index in [9.17, 15) is 0 Å². The van der Waals surface area contributed by atoms with Gasteiger partial charge in [-0.15, -0.1) is 24.8 Å². The van der Waals surface area contributed by atoms with Crippen LogP contribution in [0.15, 0.2) is 18.2 Å². The Morgan fingerprint density at radius 3 is 2.42 bits per heavy atom. The van der Waals surface area contributed by atoms with Crippen molar-refractivity contribution in [1.29, 1.82) is 0 Å². The fourth-order valence-electron chi connectivity index (χ4n) is 3.12. The number of nitrogens with zero attached hydrogens (tertiary/aromatic N) is 1. The predicted molar refractivity (Wildman–Crippen MR) is 105 cm³/mol. The van der Waals surface area contributed by atoms with E-state index >= 15 is 0 Å². The van der Waals surface area contributed by atoms with Crippen LogP contribution in [0.25, 0.3) is 0 Å². The van der Waals surface area contributed by atoms with Gasteiger partial charge in [0.2, 0.25) is 0 Å². The summed E-state index contributed by atoms with van der Waals surface area (Å²) >= 11 is 0. The molecule has 0 unspecified atom stereocenters. The first-order valence-corrected chi connectivity index (χ1v) is 8.55. The molecular weight excluding hydrogens is 347 g/mol. The molecule has 1 atom stereocenters. The van der Waals surface area contributed by atoms with E-state index in [1.165, 1.54) is 24.8 Å². The van der Waals surface area contributed by atoms with Crippen molar-refractivity contribution in [1.82, 2.24) is 10.2 Å². The van der Waals surface area contributed by atoms with E-state index < -0.39 is 0 Å². The monoisotopic (exact) mass is 378 g/mol. The molecule has 1 aromatic rings. The summed E-state index contributed by atoms with van der Waals surface area (Å²) in [7, 11) is 1.70. The highest BCUT2D eigenvalue weighted by atomic mass is 35.5. The molecule has 1 saturated heterocycles. The van der Waals surface area contributed by atoms with Crippen molar-refractivity contribution < 1.29 is 9.47 Å². The van der Waals surface area contributed by atoms with E-state index in [0.29, 0.717) is 12.6 Å². The highest BCUT2D eigenvalue weighted by molar-refractivity contribution is 5.85. The molecule has 1 fully saturated rings. The molecule has 0 amide bonds. The van der Waals surface area contributed by atoms with Gasteiger partial charge in [-0.2, -0.15) is 0 Å². The summed E-state index contributed by atoms with van der Waals surface area (Å²) in [5, 5.41) is 3.44. The van der Waals surface area contributed by atoms with Crippen LogP contribution in [0.2, 0.25) is 0 Å². The lowest BCUT2D eigenvalue weighted by Crippen LogP contribution is -2.45. The first-order valence-electron chi connectivity index (χ1n) is 8.55. The molecule has 1 heterocycles. The maximum absolute atomic E-state index is 5.75. The second kappa shape index (κ2) is 12.6. The highest BCUT2D eigenvalue weighted by Gasteiger charge is 2.22. The zero-order chi connectivity index (χ0) is 15.8. The normalized spacial score (nSPS) is 15.8. The smallest absolute Gasteiger partial charge is 0.161 e. The number of methoxy groups -OCH3 is 1. The van der Waals surface area contributed by atoms with E-state index in [-0.39, 0.29) is 24.8 Å². The van der Waals surface area contributed by atoms with E-state index in [1.807, 2.05) is 13.0 Å². The van der Waals surface area contributed by atoms with Gasteiger partial charge in [-0.1, -0.05) is 25.8 Å². The van der Waals surface area contributed by atoms with Crippen LogP contribution in [0, 0.1) is 0 Å². The third kappa shape index (κ3) is 6.32. The average molecular weight is 379 g/mol. The van der Waals surface area contributed by atoms with Crippen molar-refractivity contribution in [2.24, 2.45) is 0 Å². The van der Waals surface area contributed by atoms with Crippen LogP contribution >= 0.6 is 24.8 Å². The second-order valence-electron chi connectivity index (χ2n) is 5.79. The summed E-state index contributed by atoms with van der Waals surface area (Å²) in [6, 6.07) is 6.89. The van der Waals surface area contributed by atoms with Crippen LogP contribution in [0.4, 0.5) is 0 Å². The molecule has 24 heavy (non-hydrogen) atoms. The topological polar surface area (TPSA) is 33.7 Å². The van der Waals surface area contributed by atoms with Crippen LogP contribution in [-0.2, 0) is 0 Å². The molecule has 0 spiro atoms. The van der Waals surface area contributed by atoms with E-state index in [1.54, 1.807) is 7.11 Å². The minimum atomic E-state index is 0. The lowest BCUT2D eigenvalue weighted by atomic mass is 9.98. The van der Waals surface area contributed by atoms with Crippen molar-refractivity contribution in [2.75, 3.05) is 39.9 Å². The number of piperazine rings is 1. The van der Waals surface area contributed by atoms with Crippen LogP contribution in [0.3, 0.4) is 0 Å². The molecular formula is C18H32Cl2N2O2. The molecule has 1 aromatic carbocycles. The maximum Gasteiger partial charge on any atom is 0.161 e. The highest BCUT2D eigenvalue weighted by Crippen LogP contribution is 2.34. The lowest BCUT2D eigenvalue weighted by Gasteiger charge is -2.35. The Labute approximate surface area is 159 Å². The standard InChI is InChI=1S/C18H30N2O2.2ClH/c1-4-6-7-16(20-12-10-19-11-13-20)15-8-9-17(21-3)18(14-15)22-5-2;;/h8-9,14,16,19H,4-7,10-13H2,1-3H3;2*1H/t16-;;/m1../s1. The molecule has 1 aliphatic rings. The molecule has 1 N–H and O–H groups in total. The van der Waals surface area contributed by atoms with Gasteiger partial charge >= 0.3 is 0 Å². The minimum Gasteiger partial charge on any atom is -0.493 e. The molecule has 0 bridgehead atoms. The number of halogens is 2. The van der Waals surface area contributed by atoms with Gasteiger partial charge in [0, 0.05) is 32.2 Å². The van der Waals surface area contributed by atoms with Crippen molar-refractivity contribution in [3.63, 3.8) is 0 Å². The zero-order valence-corrected chi connectivity index (χ0v) is 16.7. The summed E-state index contributed by atoms with van der Waals surface area (Å²) in [5.41, 5.74) is 1.35. The molecule has 1 aliphatic heterocycles. The average Bonchev–Trinajstić information content (AvgIpc) is 2.57. The van der Waals surface area contributed by atoms with Crippen molar-refractivity contribution >= 4 is 24.8 Å². The fourth-order valence-corrected chi connectivity index (χ4v) is 3.12. The summed E-state index contributed by atoms with van der Waals surface area (Å²) in [4.78, 5) is 2.60. The van der Waals surface area contributed by atoms with Gasteiger partial charge in [-0.25, -0.2) is 0 Å². The fraction of sp³-hybridized carbons (Fsp3) is 0.667. The Balaban J connectivity index is 0.00000264. The van der Waals surface area contributed by atoms with Gasteiger partial charge < -0.3 is 14.8 Å². The third-order valence-corrected chi connectivity index (χ3v) is 4.30. The number of hydrogen-bond acceptors (Lipinski definition) is 4. The number of rotatable bonds is 8. The first kappa shape index (κ1) is 23.3. The number of hydrogen-bond donors (Lipinski definition) is 1. The van der Waals surface area contributed by atoms with Crippen LogP contribution < -0.4 is 14.8 Å². The van der Waals surface area contributed by atoms with Crippen molar-refractivity contribution in [2.45, 2.75) is 39.2 Å². The Morgan fingerprint density at radius 1 is 1.12 bits per heavy atom. The maximum atomic E-state index is 5.75. The van der Waals surface area contributed by atoms with Crippen LogP contribution in [0.1, 0.15) is 44.7 Å². The van der Waals surface area contributed by atoms with E-state index in [0.717, 1.165) is 37.7 Å². The SMILES string of the molecule is CCCC[C@H](c1ccc(OC)c(OCC)c1)N1CCNCC1.Cl.Cl. The second-order valence-corrected chi connectivity index (χ2v) is 5.79. The lowest BCUT2D eigenvalue weighted by molar-refractivity contribution is 0.162. The first-order chi connectivity index (χ1) is 10.8. The zero-order valence-electron chi connectivity index (χ0n) is 15.0. The largest absolute Gasteiger partial charge is 0.493 e. The molecule has 4 nitrogen and oxygen atoms in total. The Kier molecular flexibility index (Phi) is 12.3. The number of nitrogens with one attached hydrogen (secondary N) is 1. The Bertz CT molecular complexity index is 455. The number of ether oxygens (including phenoxy) is 2. The summed E-state index contributed by atoms with van der Waals surface area (Å²) in [5.74, 6) is 1.68. The minimum absolute atomic E-state index is 0. The summed E-state index contributed by atoms with van der Waals surface area (Å²) in [6.07, 6.45) is 3.69. The number of unbranched alkanes of at least 4 members (excludes halogenated alkanes) is 1. The van der Waals surface area contributed by atoms with Crippen LogP contribution in [0.5, 0.6) is 11.5 Å². The van der Waals surface area contributed by atoms with Gasteiger partial charge in [0.25, 0.3) is 0 Å². The molecule has 0 saturated carbocycles. The van der Waals surface area contributed by atoms with Crippen molar-refractivity contribution in [3.8, 4) is 11.5 Å². The van der Waals surface area contributed by atoms with Gasteiger partial charge in [0.1, 0.15) is 0 Å². The summed E-state index contributed by atoms with van der Waals surface area (Å²) < 4.78 is 11.2. The van der Waals surface area contributed by atoms with Crippen LogP contribution in [-0.4, -0.2) is 44.8 Å². The predicted octanol–water partition coefficient (Wildman–Crippen LogP) is 4.07. The van der Waals surface area contributed by atoms with Gasteiger partial charge in [-0.3, -0.25) is 4.90 Å². The van der Waals surface area contributed by atoms with Gasteiger partial charge in [-0.05, 0) is 31.0 Å². The quantitative estimate of drug-likeness (QED) is 0.738. The molecule has 6 heteroatoms. The molecule has 0 radical (unpaired) electrons. The van der Waals surface area contributed by atoms with Gasteiger partial charge in [0.15, 0.2) is 11.5 Å². The van der Waals surface area contributed by atoms with E-state index in [2.05, 4.69) is 29.3 Å². The molecule has 140 valence electrons. The molecule has 2 rings (SSSR count). The van der Waals surface area contributed by atoms with E-state index in [4.69, 9.17) is 9.47 Å². The van der Waals surface area contributed by atoms with Gasteiger partial charge in [0.05, 0.1) is 13.7 Å². The number of benzene rings is 1. The molecule has 0 aromatic heterocycles. The third-order valence-electron chi connectivity index (χ3n) is 4.30. The Hall–Kier alpha value is -0.680. The molecule has 0 aliphatic carbocycles. The summed E-state index contributed by atoms with van der Waals surface area (Å²) in [6.45, 7) is 9.32.